The summed E-state index contributed by atoms with van der Waals surface area (Å²) in [6.07, 6.45) is -0.00723. The minimum absolute atomic E-state index is 0.00986. The van der Waals surface area contributed by atoms with Crippen molar-refractivity contribution in [2.24, 2.45) is 5.92 Å². The van der Waals surface area contributed by atoms with Gasteiger partial charge in [-0.15, -0.1) is 0 Å². The van der Waals surface area contributed by atoms with Gasteiger partial charge in [0.25, 0.3) is 0 Å². The van der Waals surface area contributed by atoms with Gasteiger partial charge in [0.15, 0.2) is 0 Å². The molecule has 0 saturated carbocycles. The van der Waals surface area contributed by atoms with Crippen molar-refractivity contribution >= 4 is 5.91 Å². The van der Waals surface area contributed by atoms with Gasteiger partial charge in [-0.05, 0) is 25.8 Å². The molecule has 2 heterocycles. The zero-order chi connectivity index (χ0) is 10.8. The summed E-state index contributed by atoms with van der Waals surface area (Å²) in [5.74, 6) is -0.606. The van der Waals surface area contributed by atoms with Gasteiger partial charge in [-0.3, -0.25) is 4.79 Å². The summed E-state index contributed by atoms with van der Waals surface area (Å²) in [6.45, 7) is 1.59. The maximum Gasteiger partial charge on any atom is 0.243 e. The molecule has 2 atom stereocenters. The molecule has 0 spiro atoms. The minimum Gasteiger partial charge on any atom is -0.341 e. The summed E-state index contributed by atoms with van der Waals surface area (Å²) < 4.78 is 24.8. The lowest BCUT2D eigenvalue weighted by Gasteiger charge is -2.20. The molecule has 2 rings (SSSR count). The van der Waals surface area contributed by atoms with Crippen molar-refractivity contribution in [2.45, 2.75) is 31.7 Å². The second-order valence-corrected chi connectivity index (χ2v) is 4.32. The largest absolute Gasteiger partial charge is 0.341 e. The highest BCUT2D eigenvalue weighted by Gasteiger charge is 2.35. The molecule has 0 aromatic heterocycles. The van der Waals surface area contributed by atoms with Crippen LogP contribution in [0.5, 0.6) is 0 Å². The van der Waals surface area contributed by atoms with Gasteiger partial charge in [0.05, 0.1) is 6.04 Å². The van der Waals surface area contributed by atoms with Gasteiger partial charge < -0.3 is 10.2 Å². The van der Waals surface area contributed by atoms with Gasteiger partial charge >= 0.3 is 0 Å². The fourth-order valence-electron chi connectivity index (χ4n) is 2.31. The van der Waals surface area contributed by atoms with E-state index >= 15 is 0 Å². The molecule has 15 heavy (non-hydrogen) atoms. The van der Waals surface area contributed by atoms with Crippen LogP contribution >= 0.6 is 0 Å². The molecule has 1 amide bonds. The molecule has 2 aliphatic rings. The lowest BCUT2D eigenvalue weighted by atomic mass is 10.1. The van der Waals surface area contributed by atoms with E-state index in [0.717, 1.165) is 19.4 Å². The molecule has 0 aliphatic carbocycles. The maximum absolute atomic E-state index is 12.4. The topological polar surface area (TPSA) is 32.3 Å². The lowest BCUT2D eigenvalue weighted by molar-refractivity contribution is -0.132. The second-order valence-electron chi connectivity index (χ2n) is 4.32. The Labute approximate surface area is 87.8 Å². The van der Waals surface area contributed by atoms with Crippen molar-refractivity contribution in [1.29, 1.82) is 0 Å². The van der Waals surface area contributed by atoms with Crippen LogP contribution in [-0.2, 0) is 4.79 Å². The van der Waals surface area contributed by atoms with Crippen LogP contribution in [0, 0.1) is 5.92 Å². The van der Waals surface area contributed by atoms with Crippen molar-refractivity contribution < 1.29 is 13.6 Å². The summed E-state index contributed by atoms with van der Waals surface area (Å²) in [4.78, 5) is 13.4. The van der Waals surface area contributed by atoms with Crippen molar-refractivity contribution in [3.63, 3.8) is 0 Å². The summed E-state index contributed by atoms with van der Waals surface area (Å²) in [6, 6.07) is -0.124. The van der Waals surface area contributed by atoms with Crippen LogP contribution in [0.3, 0.4) is 0 Å². The number of hydrogen-bond donors (Lipinski definition) is 1. The van der Waals surface area contributed by atoms with Crippen LogP contribution < -0.4 is 5.32 Å². The average molecular weight is 218 g/mol. The molecular formula is C10H16F2N2O. The molecule has 3 nitrogen and oxygen atoms in total. The number of hydrogen-bond acceptors (Lipinski definition) is 2. The number of nitrogens with zero attached hydrogens (tertiary/aromatic N) is 1. The van der Waals surface area contributed by atoms with Gasteiger partial charge in [-0.25, -0.2) is 8.78 Å². The molecule has 0 radical (unpaired) electrons. The lowest BCUT2D eigenvalue weighted by Crippen LogP contribution is -2.42. The third kappa shape index (κ3) is 2.27. The van der Waals surface area contributed by atoms with Crippen molar-refractivity contribution in [1.82, 2.24) is 10.2 Å². The molecule has 0 bridgehead atoms. The number of nitrogens with one attached hydrogen (secondary N) is 1. The number of carbonyl (C=O) groups excluding carboxylic acids is 1. The van der Waals surface area contributed by atoms with Crippen LogP contribution in [0.25, 0.3) is 0 Å². The highest BCUT2D eigenvalue weighted by atomic mass is 19.3. The van der Waals surface area contributed by atoms with Gasteiger partial charge in [-0.2, -0.15) is 0 Å². The van der Waals surface area contributed by atoms with E-state index in [4.69, 9.17) is 0 Å². The SMILES string of the molecule is O=C([C@H]1CCCN1)N1CC[C@@H](C(F)F)C1. The molecule has 0 aromatic rings. The molecule has 5 heteroatoms. The Kier molecular flexibility index (Phi) is 3.19. The predicted octanol–water partition coefficient (Wildman–Crippen LogP) is 0.852. The molecule has 2 aliphatic heterocycles. The van der Waals surface area contributed by atoms with Crippen molar-refractivity contribution in [3.8, 4) is 0 Å². The Morgan fingerprint density at radius 1 is 1.40 bits per heavy atom. The fraction of sp³-hybridized carbons (Fsp3) is 0.900. The van der Waals surface area contributed by atoms with Gasteiger partial charge in [-0.1, -0.05) is 0 Å². The molecule has 2 fully saturated rings. The summed E-state index contributed by atoms with van der Waals surface area (Å²) >= 11 is 0. The second kappa shape index (κ2) is 4.43. The fourth-order valence-corrected chi connectivity index (χ4v) is 2.31. The molecule has 1 N–H and O–H groups in total. The number of alkyl halides is 2. The van der Waals surface area contributed by atoms with E-state index in [9.17, 15) is 13.6 Å². The zero-order valence-electron chi connectivity index (χ0n) is 8.59. The molecular weight excluding hydrogens is 202 g/mol. The molecule has 2 saturated heterocycles. The molecule has 0 aromatic carbocycles. The quantitative estimate of drug-likeness (QED) is 0.745. The van der Waals surface area contributed by atoms with E-state index in [0.29, 0.717) is 13.0 Å². The third-order valence-corrected chi connectivity index (χ3v) is 3.25. The Morgan fingerprint density at radius 2 is 2.20 bits per heavy atom. The summed E-state index contributed by atoms with van der Waals surface area (Å²) in [5, 5.41) is 3.10. The van der Waals surface area contributed by atoms with Gasteiger partial charge in [0.1, 0.15) is 0 Å². The van der Waals surface area contributed by atoms with E-state index < -0.39 is 12.3 Å². The number of rotatable bonds is 2. The summed E-state index contributed by atoms with van der Waals surface area (Å²) in [7, 11) is 0. The van der Waals surface area contributed by atoms with E-state index in [-0.39, 0.29) is 18.5 Å². The first kappa shape index (κ1) is 10.8. The van der Waals surface area contributed by atoms with Crippen molar-refractivity contribution in [2.75, 3.05) is 19.6 Å². The van der Waals surface area contributed by atoms with E-state index in [1.54, 1.807) is 4.90 Å². The zero-order valence-corrected chi connectivity index (χ0v) is 8.59. The number of carbonyl (C=O) groups is 1. The first-order valence-electron chi connectivity index (χ1n) is 5.49. The van der Waals surface area contributed by atoms with Crippen LogP contribution in [-0.4, -0.2) is 42.9 Å². The Bertz CT molecular complexity index is 242. The maximum atomic E-state index is 12.4. The minimum atomic E-state index is -2.29. The Hall–Kier alpha value is -0.710. The van der Waals surface area contributed by atoms with E-state index in [2.05, 4.69) is 5.32 Å². The predicted molar refractivity (Wildman–Crippen MR) is 51.7 cm³/mol. The third-order valence-electron chi connectivity index (χ3n) is 3.25. The van der Waals surface area contributed by atoms with Crippen LogP contribution in [0.1, 0.15) is 19.3 Å². The van der Waals surface area contributed by atoms with Crippen LogP contribution in [0.2, 0.25) is 0 Å². The highest BCUT2D eigenvalue weighted by Crippen LogP contribution is 2.24. The monoisotopic (exact) mass is 218 g/mol. The normalized spacial score (nSPS) is 31.5. The van der Waals surface area contributed by atoms with E-state index in [1.165, 1.54) is 0 Å². The molecule has 86 valence electrons. The van der Waals surface area contributed by atoms with E-state index in [1.807, 2.05) is 0 Å². The molecule has 0 unspecified atom stereocenters. The van der Waals surface area contributed by atoms with Crippen molar-refractivity contribution in [3.05, 3.63) is 0 Å². The average Bonchev–Trinajstić information content (AvgIpc) is 2.88. The first-order valence-corrected chi connectivity index (χ1v) is 5.49. The van der Waals surface area contributed by atoms with Crippen LogP contribution in [0.4, 0.5) is 8.78 Å². The van der Waals surface area contributed by atoms with Gasteiger partial charge in [0, 0.05) is 19.0 Å². The summed E-state index contributed by atoms with van der Waals surface area (Å²) in [5.41, 5.74) is 0. The number of likely N-dealkylation sites (tertiary alicyclic amines) is 1. The number of amides is 1. The standard InChI is InChI=1S/C10H16F2N2O/c11-9(12)7-3-5-14(6-7)10(15)8-2-1-4-13-8/h7-9,13H,1-6H2/t7-,8-/m1/s1. The smallest absolute Gasteiger partial charge is 0.243 e. The number of halogens is 2. The Balaban J connectivity index is 1.87. The Morgan fingerprint density at radius 3 is 2.73 bits per heavy atom. The van der Waals surface area contributed by atoms with Gasteiger partial charge in [0.2, 0.25) is 12.3 Å². The first-order chi connectivity index (χ1) is 7.18. The van der Waals surface area contributed by atoms with Crippen LogP contribution in [0.15, 0.2) is 0 Å². The highest BCUT2D eigenvalue weighted by molar-refractivity contribution is 5.82.